The first kappa shape index (κ1) is 15.9. The zero-order chi connectivity index (χ0) is 15.1. The number of benzene rings is 1. The molecule has 0 aliphatic carbocycles. The van der Waals surface area contributed by atoms with Crippen LogP contribution in [-0.2, 0) is 9.53 Å². The van der Waals surface area contributed by atoms with E-state index in [1.165, 1.54) is 43.3 Å². The summed E-state index contributed by atoms with van der Waals surface area (Å²) in [4.78, 5) is 24.3. The zero-order valence-electron chi connectivity index (χ0n) is 11.1. The summed E-state index contributed by atoms with van der Waals surface area (Å²) in [7, 11) is 2.81. The second-order valence-corrected chi connectivity index (χ2v) is 3.96. The van der Waals surface area contributed by atoms with Crippen LogP contribution in [0.3, 0.4) is 0 Å². The maximum absolute atomic E-state index is 12.0. The lowest BCUT2D eigenvalue weighted by Crippen LogP contribution is -2.29. The third-order valence-electron chi connectivity index (χ3n) is 2.55. The minimum atomic E-state index is -2.90. The molecule has 0 N–H and O–H groups in total. The highest BCUT2D eigenvalue weighted by molar-refractivity contribution is 5.94. The van der Waals surface area contributed by atoms with E-state index in [9.17, 15) is 18.4 Å². The van der Waals surface area contributed by atoms with Crippen LogP contribution in [0.2, 0.25) is 0 Å². The third-order valence-corrected chi connectivity index (χ3v) is 2.55. The highest BCUT2D eigenvalue weighted by atomic mass is 19.3. The normalized spacial score (nSPS) is 10.2. The molecule has 1 rings (SSSR count). The van der Waals surface area contributed by atoms with Crippen molar-refractivity contribution in [2.75, 3.05) is 20.7 Å². The average molecular weight is 287 g/mol. The number of carbonyl (C=O) groups excluding carboxylic acids is 2. The van der Waals surface area contributed by atoms with Crippen molar-refractivity contribution < 1.29 is 27.8 Å². The third kappa shape index (κ3) is 4.83. The van der Waals surface area contributed by atoms with Crippen molar-refractivity contribution in [1.82, 2.24) is 4.90 Å². The van der Waals surface area contributed by atoms with Crippen LogP contribution in [0.5, 0.6) is 5.75 Å². The summed E-state index contributed by atoms with van der Waals surface area (Å²) in [6.07, 6.45) is 0.0886. The van der Waals surface area contributed by atoms with Gasteiger partial charge in [0.05, 0.1) is 13.5 Å². The zero-order valence-corrected chi connectivity index (χ0v) is 11.1. The Bertz CT molecular complexity index is 462. The number of rotatable bonds is 6. The summed E-state index contributed by atoms with van der Waals surface area (Å²) in [5.74, 6) is -0.753. The monoisotopic (exact) mass is 287 g/mol. The van der Waals surface area contributed by atoms with E-state index < -0.39 is 12.6 Å². The predicted molar refractivity (Wildman–Crippen MR) is 66.7 cm³/mol. The fraction of sp³-hybridized carbons (Fsp3) is 0.385. The molecule has 0 unspecified atom stereocenters. The molecular formula is C13H15F2NO4. The van der Waals surface area contributed by atoms with E-state index in [4.69, 9.17) is 0 Å². The summed E-state index contributed by atoms with van der Waals surface area (Å²) >= 11 is 0. The first-order valence-corrected chi connectivity index (χ1v) is 5.81. The molecule has 0 bridgehead atoms. The van der Waals surface area contributed by atoms with Gasteiger partial charge in [-0.25, -0.2) is 0 Å². The number of ether oxygens (including phenoxy) is 2. The highest BCUT2D eigenvalue weighted by Gasteiger charge is 2.13. The van der Waals surface area contributed by atoms with Crippen LogP contribution in [0.1, 0.15) is 16.8 Å². The summed E-state index contributed by atoms with van der Waals surface area (Å²) in [5.41, 5.74) is 0.319. The van der Waals surface area contributed by atoms with Gasteiger partial charge in [-0.2, -0.15) is 8.78 Å². The molecule has 1 aromatic carbocycles. The van der Waals surface area contributed by atoms with Gasteiger partial charge in [0.2, 0.25) is 0 Å². The van der Waals surface area contributed by atoms with Crippen molar-refractivity contribution in [3.05, 3.63) is 29.8 Å². The fourth-order valence-corrected chi connectivity index (χ4v) is 1.46. The van der Waals surface area contributed by atoms with Crippen molar-refractivity contribution in [2.45, 2.75) is 13.0 Å². The number of nitrogens with zero attached hydrogens (tertiary/aromatic N) is 1. The Labute approximate surface area is 115 Å². The predicted octanol–water partition coefficient (Wildman–Crippen LogP) is 1.92. The van der Waals surface area contributed by atoms with Gasteiger partial charge in [-0.15, -0.1) is 0 Å². The van der Waals surface area contributed by atoms with Gasteiger partial charge in [0.15, 0.2) is 0 Å². The largest absolute Gasteiger partial charge is 0.469 e. The van der Waals surface area contributed by atoms with Crippen LogP contribution in [0, 0.1) is 0 Å². The maximum atomic E-state index is 12.0. The molecule has 0 spiro atoms. The number of methoxy groups -OCH3 is 1. The number of halogens is 2. The summed E-state index contributed by atoms with van der Waals surface area (Å²) in [6.45, 7) is -2.69. The Morgan fingerprint density at radius 2 is 1.85 bits per heavy atom. The Balaban J connectivity index is 2.60. The van der Waals surface area contributed by atoms with Crippen molar-refractivity contribution in [3.63, 3.8) is 0 Å². The van der Waals surface area contributed by atoms with Crippen LogP contribution < -0.4 is 4.74 Å². The van der Waals surface area contributed by atoms with Gasteiger partial charge in [-0.05, 0) is 24.3 Å². The number of carbonyl (C=O) groups is 2. The number of esters is 1. The number of alkyl halides is 2. The minimum Gasteiger partial charge on any atom is -0.469 e. The van der Waals surface area contributed by atoms with E-state index in [0.29, 0.717) is 5.56 Å². The fourth-order valence-electron chi connectivity index (χ4n) is 1.46. The molecule has 0 saturated heterocycles. The number of amides is 1. The van der Waals surface area contributed by atoms with Gasteiger partial charge >= 0.3 is 12.6 Å². The molecule has 0 atom stereocenters. The van der Waals surface area contributed by atoms with Gasteiger partial charge in [-0.3, -0.25) is 9.59 Å². The van der Waals surface area contributed by atoms with E-state index in [0.717, 1.165) is 0 Å². The molecule has 0 saturated carbocycles. The van der Waals surface area contributed by atoms with Crippen LogP contribution in [-0.4, -0.2) is 44.1 Å². The molecule has 1 amide bonds. The Kier molecular flexibility index (Phi) is 5.89. The van der Waals surface area contributed by atoms with Crippen LogP contribution in [0.25, 0.3) is 0 Å². The van der Waals surface area contributed by atoms with Crippen LogP contribution >= 0.6 is 0 Å². The molecule has 0 fully saturated rings. The first-order valence-electron chi connectivity index (χ1n) is 5.81. The van der Waals surface area contributed by atoms with E-state index in [1.54, 1.807) is 0 Å². The molecular weight excluding hydrogens is 272 g/mol. The van der Waals surface area contributed by atoms with Crippen LogP contribution in [0.15, 0.2) is 24.3 Å². The van der Waals surface area contributed by atoms with Gasteiger partial charge in [-0.1, -0.05) is 0 Å². The molecule has 0 aliphatic rings. The first-order chi connectivity index (χ1) is 9.43. The van der Waals surface area contributed by atoms with Crippen molar-refractivity contribution in [1.29, 1.82) is 0 Å². The molecule has 1 aromatic rings. The summed E-state index contributed by atoms with van der Waals surface area (Å²) in [6, 6.07) is 5.34. The number of hydrogen-bond acceptors (Lipinski definition) is 4. The SMILES string of the molecule is COC(=O)CCN(C)C(=O)c1ccc(OC(F)F)cc1. The minimum absolute atomic E-state index is 0.0197. The molecule has 0 aliphatic heterocycles. The second kappa shape index (κ2) is 7.42. The lowest BCUT2D eigenvalue weighted by atomic mass is 10.2. The van der Waals surface area contributed by atoms with Gasteiger partial charge in [0.25, 0.3) is 5.91 Å². The number of hydrogen-bond donors (Lipinski definition) is 0. The topological polar surface area (TPSA) is 55.8 Å². The van der Waals surface area contributed by atoms with E-state index in [-0.39, 0.29) is 24.6 Å². The van der Waals surface area contributed by atoms with Crippen molar-refractivity contribution >= 4 is 11.9 Å². The molecule has 0 aromatic heterocycles. The molecule has 20 heavy (non-hydrogen) atoms. The lowest BCUT2D eigenvalue weighted by molar-refractivity contribution is -0.140. The smallest absolute Gasteiger partial charge is 0.387 e. The van der Waals surface area contributed by atoms with Crippen molar-refractivity contribution in [3.8, 4) is 5.75 Å². The van der Waals surface area contributed by atoms with Crippen LogP contribution in [0.4, 0.5) is 8.78 Å². The standard InChI is InChI=1S/C13H15F2NO4/c1-16(8-7-11(17)19-2)12(18)9-3-5-10(6-4-9)20-13(14)15/h3-6,13H,7-8H2,1-2H3. The molecule has 0 heterocycles. The molecule has 110 valence electrons. The summed E-state index contributed by atoms with van der Waals surface area (Å²) < 4.78 is 32.6. The average Bonchev–Trinajstić information content (AvgIpc) is 2.43. The molecule has 7 heteroatoms. The van der Waals surface area contributed by atoms with E-state index in [2.05, 4.69) is 9.47 Å². The lowest BCUT2D eigenvalue weighted by Gasteiger charge is -2.16. The Morgan fingerprint density at radius 1 is 1.25 bits per heavy atom. The Hall–Kier alpha value is -2.18. The molecule has 5 nitrogen and oxygen atoms in total. The molecule has 0 radical (unpaired) electrons. The van der Waals surface area contributed by atoms with Gasteiger partial charge in [0.1, 0.15) is 5.75 Å². The maximum Gasteiger partial charge on any atom is 0.387 e. The Morgan fingerprint density at radius 3 is 2.35 bits per heavy atom. The van der Waals surface area contributed by atoms with Crippen molar-refractivity contribution in [2.24, 2.45) is 0 Å². The quantitative estimate of drug-likeness (QED) is 0.750. The summed E-state index contributed by atoms with van der Waals surface area (Å²) in [5, 5.41) is 0. The van der Waals surface area contributed by atoms with E-state index in [1.807, 2.05) is 0 Å². The highest BCUT2D eigenvalue weighted by Crippen LogP contribution is 2.15. The second-order valence-electron chi connectivity index (χ2n) is 3.96. The van der Waals surface area contributed by atoms with E-state index >= 15 is 0 Å². The van der Waals surface area contributed by atoms with Gasteiger partial charge in [0, 0.05) is 19.2 Å². The van der Waals surface area contributed by atoms with Gasteiger partial charge < -0.3 is 14.4 Å².